The summed E-state index contributed by atoms with van der Waals surface area (Å²) < 4.78 is 7.76. The number of ether oxygens (including phenoxy) is 1. The summed E-state index contributed by atoms with van der Waals surface area (Å²) in [6.07, 6.45) is 7.45. The highest BCUT2D eigenvalue weighted by Crippen LogP contribution is 2.39. The van der Waals surface area contributed by atoms with Crippen LogP contribution in [0.15, 0.2) is 18.3 Å². The molecule has 1 unspecified atom stereocenters. The Labute approximate surface area is 169 Å². The van der Waals surface area contributed by atoms with E-state index in [9.17, 15) is 9.59 Å². The molecule has 2 saturated heterocycles. The third-order valence-corrected chi connectivity index (χ3v) is 6.32. The van der Waals surface area contributed by atoms with Crippen molar-refractivity contribution < 1.29 is 14.3 Å². The van der Waals surface area contributed by atoms with Gasteiger partial charge in [0.05, 0.1) is 24.4 Å². The first-order chi connectivity index (χ1) is 14.2. The van der Waals surface area contributed by atoms with Crippen LogP contribution in [0.3, 0.4) is 0 Å². The lowest BCUT2D eigenvalue weighted by molar-refractivity contribution is -0.138. The van der Waals surface area contributed by atoms with Gasteiger partial charge in [-0.1, -0.05) is 0 Å². The number of carbonyl (C=O) groups excluding carboxylic acids is 2. The maximum atomic E-state index is 12.6. The minimum absolute atomic E-state index is 0.0520. The first-order valence-electron chi connectivity index (χ1n) is 10.7. The molecular formula is C21H27N5O3. The standard InChI is InChI=1S/C21H27N5O3/c27-19-5-3-16(11-22-19)21(28)25-9-7-14(8-10-25)13-29-20-6-4-18-23-17(15-1-2-15)12-26(18)24-20/h4,6,12,14-16H,1-3,5,7-11,13H2,(H,22,27). The lowest BCUT2D eigenvalue weighted by atomic mass is 9.93. The molecule has 3 aliphatic rings. The van der Waals surface area contributed by atoms with Crippen molar-refractivity contribution in [1.82, 2.24) is 24.8 Å². The SMILES string of the molecule is O=C1CCC(C(=O)N2CCC(COc3ccc4nc(C5CC5)cn4n3)CC2)CN1. The van der Waals surface area contributed by atoms with E-state index in [1.54, 1.807) is 0 Å². The molecule has 5 rings (SSSR count). The molecule has 1 N–H and O–H groups in total. The average Bonchev–Trinajstić information content (AvgIpc) is 3.52. The van der Waals surface area contributed by atoms with Gasteiger partial charge in [0.15, 0.2) is 5.65 Å². The zero-order chi connectivity index (χ0) is 19.8. The highest BCUT2D eigenvalue weighted by Gasteiger charge is 2.31. The molecule has 3 fully saturated rings. The number of imidazole rings is 1. The van der Waals surface area contributed by atoms with Gasteiger partial charge in [0.1, 0.15) is 0 Å². The number of rotatable bonds is 5. The van der Waals surface area contributed by atoms with Crippen LogP contribution in [0.2, 0.25) is 0 Å². The number of nitrogens with zero attached hydrogens (tertiary/aromatic N) is 4. The van der Waals surface area contributed by atoms with Crippen molar-refractivity contribution in [2.75, 3.05) is 26.2 Å². The summed E-state index contributed by atoms with van der Waals surface area (Å²) in [5.41, 5.74) is 1.99. The molecule has 0 bridgehead atoms. The molecule has 154 valence electrons. The highest BCUT2D eigenvalue weighted by molar-refractivity contribution is 5.83. The van der Waals surface area contributed by atoms with Crippen LogP contribution >= 0.6 is 0 Å². The summed E-state index contributed by atoms with van der Waals surface area (Å²) >= 11 is 0. The van der Waals surface area contributed by atoms with Gasteiger partial charge >= 0.3 is 0 Å². The van der Waals surface area contributed by atoms with Gasteiger partial charge in [0.25, 0.3) is 0 Å². The fraction of sp³-hybridized carbons (Fsp3) is 0.619. The number of hydrogen-bond donors (Lipinski definition) is 1. The largest absolute Gasteiger partial charge is 0.476 e. The van der Waals surface area contributed by atoms with Gasteiger partial charge in [-0.3, -0.25) is 9.59 Å². The summed E-state index contributed by atoms with van der Waals surface area (Å²) in [7, 11) is 0. The minimum atomic E-state index is -0.0628. The Bertz CT molecular complexity index is 904. The quantitative estimate of drug-likeness (QED) is 0.830. The topological polar surface area (TPSA) is 88.8 Å². The monoisotopic (exact) mass is 397 g/mol. The molecular weight excluding hydrogens is 370 g/mol. The molecule has 0 aromatic carbocycles. The van der Waals surface area contributed by atoms with Gasteiger partial charge in [-0.2, -0.15) is 0 Å². The molecule has 2 aromatic heterocycles. The summed E-state index contributed by atoms with van der Waals surface area (Å²) in [6.45, 7) is 2.61. The Morgan fingerprint density at radius 1 is 1.17 bits per heavy atom. The number of carbonyl (C=O) groups is 2. The first-order valence-corrected chi connectivity index (χ1v) is 10.7. The van der Waals surface area contributed by atoms with Crippen LogP contribution in [-0.4, -0.2) is 57.6 Å². The van der Waals surface area contributed by atoms with Crippen LogP contribution in [0.1, 0.15) is 50.1 Å². The Kier molecular flexibility index (Phi) is 4.85. The normalized spacial score (nSPS) is 23.2. The van der Waals surface area contributed by atoms with Crippen molar-refractivity contribution in [2.24, 2.45) is 11.8 Å². The average molecular weight is 397 g/mol. The first kappa shape index (κ1) is 18.4. The predicted octanol–water partition coefficient (Wildman–Crippen LogP) is 1.75. The third-order valence-electron chi connectivity index (χ3n) is 6.32. The van der Waals surface area contributed by atoms with Gasteiger partial charge in [0.2, 0.25) is 17.7 Å². The Morgan fingerprint density at radius 3 is 2.72 bits per heavy atom. The third kappa shape index (κ3) is 4.06. The van der Waals surface area contributed by atoms with Crippen LogP contribution in [-0.2, 0) is 9.59 Å². The second-order valence-electron chi connectivity index (χ2n) is 8.53. The van der Waals surface area contributed by atoms with Crippen LogP contribution in [0, 0.1) is 11.8 Å². The number of likely N-dealkylation sites (tertiary alicyclic amines) is 1. The predicted molar refractivity (Wildman–Crippen MR) is 105 cm³/mol. The van der Waals surface area contributed by atoms with Gasteiger partial charge in [-0.25, -0.2) is 9.50 Å². The number of aromatic nitrogens is 3. The van der Waals surface area contributed by atoms with Crippen LogP contribution in [0.4, 0.5) is 0 Å². The zero-order valence-corrected chi connectivity index (χ0v) is 16.5. The Balaban J connectivity index is 1.11. The molecule has 1 saturated carbocycles. The zero-order valence-electron chi connectivity index (χ0n) is 16.5. The van der Waals surface area contributed by atoms with Gasteiger partial charge in [0, 0.05) is 38.0 Å². The number of nitrogens with one attached hydrogen (secondary N) is 1. The number of piperidine rings is 2. The number of fused-ring (bicyclic) bond motifs is 1. The number of hydrogen-bond acceptors (Lipinski definition) is 5. The maximum Gasteiger partial charge on any atom is 0.231 e. The summed E-state index contributed by atoms with van der Waals surface area (Å²) in [4.78, 5) is 30.5. The number of amides is 2. The Hall–Kier alpha value is -2.64. The molecule has 2 amide bonds. The second-order valence-corrected chi connectivity index (χ2v) is 8.53. The molecule has 0 radical (unpaired) electrons. The smallest absolute Gasteiger partial charge is 0.231 e. The van der Waals surface area contributed by atoms with Gasteiger partial charge < -0.3 is 15.0 Å². The van der Waals surface area contributed by atoms with Crippen molar-refractivity contribution in [3.8, 4) is 5.88 Å². The van der Waals surface area contributed by atoms with Crippen LogP contribution in [0.25, 0.3) is 5.65 Å². The molecule has 0 spiro atoms. The van der Waals surface area contributed by atoms with E-state index in [2.05, 4.69) is 15.4 Å². The van der Waals surface area contributed by atoms with E-state index in [1.807, 2.05) is 27.7 Å². The van der Waals surface area contributed by atoms with E-state index < -0.39 is 0 Å². The summed E-state index contributed by atoms with van der Waals surface area (Å²) in [5, 5.41) is 7.34. The lowest BCUT2D eigenvalue weighted by Gasteiger charge is -2.35. The molecule has 1 aliphatic carbocycles. The van der Waals surface area contributed by atoms with Gasteiger partial charge in [-0.15, -0.1) is 5.10 Å². The summed E-state index contributed by atoms with van der Waals surface area (Å²) in [6, 6.07) is 3.84. The van der Waals surface area contributed by atoms with Crippen molar-refractivity contribution in [2.45, 2.75) is 44.4 Å². The molecule has 1 atom stereocenters. The fourth-order valence-electron chi connectivity index (χ4n) is 4.26. The molecule has 8 nitrogen and oxygen atoms in total. The minimum Gasteiger partial charge on any atom is -0.476 e. The highest BCUT2D eigenvalue weighted by atomic mass is 16.5. The van der Waals surface area contributed by atoms with Crippen molar-refractivity contribution >= 4 is 17.5 Å². The fourth-order valence-corrected chi connectivity index (χ4v) is 4.26. The molecule has 29 heavy (non-hydrogen) atoms. The molecule has 4 heterocycles. The van der Waals surface area contributed by atoms with Crippen molar-refractivity contribution in [3.05, 3.63) is 24.0 Å². The summed E-state index contributed by atoms with van der Waals surface area (Å²) in [5.74, 6) is 1.83. The lowest BCUT2D eigenvalue weighted by Crippen LogP contribution is -2.47. The molecule has 2 aromatic rings. The van der Waals surface area contributed by atoms with Gasteiger partial charge in [-0.05, 0) is 44.1 Å². The maximum absolute atomic E-state index is 12.6. The molecule has 2 aliphatic heterocycles. The van der Waals surface area contributed by atoms with E-state index in [0.717, 1.165) is 37.3 Å². The second kappa shape index (κ2) is 7.65. The van der Waals surface area contributed by atoms with E-state index in [-0.39, 0.29) is 17.7 Å². The molecule has 8 heteroatoms. The van der Waals surface area contributed by atoms with E-state index in [0.29, 0.717) is 43.7 Å². The van der Waals surface area contributed by atoms with Crippen molar-refractivity contribution in [3.63, 3.8) is 0 Å². The van der Waals surface area contributed by atoms with Crippen LogP contribution < -0.4 is 10.1 Å². The van der Waals surface area contributed by atoms with Crippen LogP contribution in [0.5, 0.6) is 5.88 Å². The Morgan fingerprint density at radius 2 is 2.00 bits per heavy atom. The van der Waals surface area contributed by atoms with E-state index in [1.165, 1.54) is 12.8 Å². The van der Waals surface area contributed by atoms with E-state index in [4.69, 9.17) is 4.74 Å². The van der Waals surface area contributed by atoms with E-state index >= 15 is 0 Å². The van der Waals surface area contributed by atoms with Crippen molar-refractivity contribution in [1.29, 1.82) is 0 Å².